The van der Waals surface area contributed by atoms with Crippen LogP contribution in [-0.2, 0) is 0 Å². The molecule has 5 fully saturated rings. The summed E-state index contributed by atoms with van der Waals surface area (Å²) in [5.74, 6) is 4.97. The van der Waals surface area contributed by atoms with Crippen molar-refractivity contribution >= 4 is 0 Å². The van der Waals surface area contributed by atoms with Crippen LogP contribution in [0.4, 0.5) is 0 Å². The van der Waals surface area contributed by atoms with Crippen LogP contribution in [0.5, 0.6) is 0 Å². The van der Waals surface area contributed by atoms with Crippen molar-refractivity contribution < 1.29 is 5.11 Å². The predicted molar refractivity (Wildman–Crippen MR) is 131 cm³/mol. The number of hydrogen-bond acceptors (Lipinski definition) is 1. The van der Waals surface area contributed by atoms with E-state index >= 15 is 0 Å². The molecule has 0 heterocycles. The molecule has 1 heteroatoms. The number of fused-ring (bicyclic) bond motifs is 7. The largest absolute Gasteiger partial charge is 0.393 e. The summed E-state index contributed by atoms with van der Waals surface area (Å²) in [5, 5.41) is 11.5. The molecule has 0 bridgehead atoms. The van der Waals surface area contributed by atoms with Crippen LogP contribution in [0.15, 0.2) is 0 Å². The second-order valence-electron chi connectivity index (χ2n) is 15.2. The van der Waals surface area contributed by atoms with Crippen LogP contribution >= 0.6 is 0 Å². The zero-order chi connectivity index (χ0) is 22.6. The first-order chi connectivity index (χ1) is 14.3. The number of rotatable bonds is 1. The quantitative estimate of drug-likeness (QED) is 0.447. The minimum atomic E-state index is -0.0981. The van der Waals surface area contributed by atoms with Gasteiger partial charge < -0.3 is 5.11 Å². The van der Waals surface area contributed by atoms with Gasteiger partial charge in [0.1, 0.15) is 0 Å². The van der Waals surface area contributed by atoms with Crippen LogP contribution in [0.2, 0.25) is 0 Å². The normalized spacial score (nSPS) is 58.3. The molecule has 0 spiro atoms. The lowest BCUT2D eigenvalue weighted by molar-refractivity contribution is -0.260. The highest BCUT2D eigenvalue weighted by Gasteiger charge is 2.71. The molecule has 1 N–H and O–H groups in total. The van der Waals surface area contributed by atoms with Crippen molar-refractivity contribution in [3.8, 4) is 0 Å². The van der Waals surface area contributed by atoms with Crippen LogP contribution in [0.25, 0.3) is 0 Å². The van der Waals surface area contributed by atoms with Crippen molar-refractivity contribution in [3.63, 3.8) is 0 Å². The van der Waals surface area contributed by atoms with E-state index in [9.17, 15) is 5.11 Å². The van der Waals surface area contributed by atoms with Crippen LogP contribution in [-0.4, -0.2) is 11.2 Å². The Balaban J connectivity index is 1.56. The van der Waals surface area contributed by atoms with Gasteiger partial charge in [-0.25, -0.2) is 0 Å². The van der Waals surface area contributed by atoms with E-state index in [2.05, 4.69) is 55.4 Å². The molecule has 0 aromatic heterocycles. The monoisotopic (exact) mass is 428 g/mol. The van der Waals surface area contributed by atoms with E-state index in [1.807, 2.05) is 0 Å². The van der Waals surface area contributed by atoms with Gasteiger partial charge >= 0.3 is 0 Å². The Bertz CT molecular complexity index is 724. The standard InChI is InChI=1S/C30H52O/c1-19(2)20-11-15-27(5)17-18-28(6)21(25(20)27)9-10-23-29(28,7)16-12-22-26(3,4)14-13-24(31)30(22,23)8/h19-25,31H,9-18H2,1-8H3/t20-,21?,22?,23?,24?,25?,27-,28-,29-,30+/m1/s1. The molecular weight excluding hydrogens is 376 g/mol. The van der Waals surface area contributed by atoms with Crippen molar-refractivity contribution in [2.45, 2.75) is 126 Å². The lowest BCUT2D eigenvalue weighted by atomic mass is 9.32. The van der Waals surface area contributed by atoms with Crippen molar-refractivity contribution in [2.24, 2.45) is 62.6 Å². The van der Waals surface area contributed by atoms with Gasteiger partial charge in [0.2, 0.25) is 0 Å². The third-order valence-electron chi connectivity index (χ3n) is 13.7. The zero-order valence-electron chi connectivity index (χ0n) is 22.1. The molecule has 5 rings (SSSR count). The Morgan fingerprint density at radius 3 is 2.06 bits per heavy atom. The zero-order valence-corrected chi connectivity index (χ0v) is 22.1. The van der Waals surface area contributed by atoms with Gasteiger partial charge in [-0.3, -0.25) is 0 Å². The van der Waals surface area contributed by atoms with Gasteiger partial charge in [-0.1, -0.05) is 55.4 Å². The average Bonchev–Trinajstić information content (AvgIpc) is 3.04. The summed E-state index contributed by atoms with van der Waals surface area (Å²) in [7, 11) is 0. The highest BCUT2D eigenvalue weighted by atomic mass is 16.3. The van der Waals surface area contributed by atoms with Gasteiger partial charge in [-0.05, 0) is 121 Å². The fourth-order valence-corrected chi connectivity index (χ4v) is 11.7. The van der Waals surface area contributed by atoms with E-state index in [0.717, 1.165) is 30.1 Å². The van der Waals surface area contributed by atoms with Crippen LogP contribution in [0, 0.1) is 62.6 Å². The fraction of sp³-hybridized carbons (Fsp3) is 1.00. The molecule has 1 nitrogen and oxygen atoms in total. The highest BCUT2D eigenvalue weighted by Crippen LogP contribution is 2.77. The van der Waals surface area contributed by atoms with E-state index in [4.69, 9.17) is 0 Å². The molecule has 5 aliphatic rings. The second-order valence-corrected chi connectivity index (χ2v) is 15.2. The lowest BCUT2D eigenvalue weighted by Gasteiger charge is -2.73. The molecule has 31 heavy (non-hydrogen) atoms. The molecule has 10 atom stereocenters. The van der Waals surface area contributed by atoms with Crippen LogP contribution in [0.1, 0.15) is 120 Å². The lowest BCUT2D eigenvalue weighted by Crippen LogP contribution is -2.68. The van der Waals surface area contributed by atoms with Crippen molar-refractivity contribution in [1.29, 1.82) is 0 Å². The summed E-state index contributed by atoms with van der Waals surface area (Å²) in [6.45, 7) is 20.7. The van der Waals surface area contributed by atoms with Gasteiger partial charge in [-0.15, -0.1) is 0 Å². The Hall–Kier alpha value is -0.0400. The number of aliphatic hydroxyl groups is 1. The summed E-state index contributed by atoms with van der Waals surface area (Å²) < 4.78 is 0. The SMILES string of the molecule is CC(C)[C@H]1CC[C@]2(C)CC[C@]3(C)C(CCC4[C@@]5(C)C(O)CCC(C)(C)C5CC[C@]43C)C12. The number of hydrogen-bond donors (Lipinski definition) is 1. The fourth-order valence-electron chi connectivity index (χ4n) is 11.7. The van der Waals surface area contributed by atoms with E-state index < -0.39 is 0 Å². The van der Waals surface area contributed by atoms with E-state index in [-0.39, 0.29) is 11.5 Å². The van der Waals surface area contributed by atoms with Gasteiger partial charge in [0.15, 0.2) is 0 Å². The summed E-state index contributed by atoms with van der Waals surface area (Å²) >= 11 is 0. The Morgan fingerprint density at radius 1 is 0.677 bits per heavy atom. The average molecular weight is 429 g/mol. The molecular formula is C30H52O. The van der Waals surface area contributed by atoms with Gasteiger partial charge in [0.25, 0.3) is 0 Å². The van der Waals surface area contributed by atoms with Crippen LogP contribution in [0.3, 0.4) is 0 Å². The molecule has 5 unspecified atom stereocenters. The molecule has 0 saturated heterocycles. The first kappa shape index (κ1) is 22.7. The molecule has 0 aliphatic heterocycles. The van der Waals surface area contributed by atoms with E-state index in [1.165, 1.54) is 57.8 Å². The van der Waals surface area contributed by atoms with Gasteiger partial charge in [0.05, 0.1) is 6.10 Å². The highest BCUT2D eigenvalue weighted by molar-refractivity contribution is 5.19. The third-order valence-corrected chi connectivity index (χ3v) is 13.7. The summed E-state index contributed by atoms with van der Waals surface area (Å²) in [4.78, 5) is 0. The molecule has 5 saturated carbocycles. The Morgan fingerprint density at radius 2 is 1.39 bits per heavy atom. The molecule has 0 radical (unpaired) electrons. The maximum Gasteiger partial charge on any atom is 0.0599 e. The summed E-state index contributed by atoms with van der Waals surface area (Å²) in [6, 6.07) is 0. The van der Waals surface area contributed by atoms with E-state index in [1.54, 1.807) is 0 Å². The first-order valence-corrected chi connectivity index (χ1v) is 14.0. The maximum atomic E-state index is 11.5. The second kappa shape index (κ2) is 6.76. The molecule has 0 aromatic rings. The summed E-state index contributed by atoms with van der Waals surface area (Å²) in [5.41, 5.74) is 1.92. The third kappa shape index (κ3) is 2.71. The van der Waals surface area contributed by atoms with Crippen molar-refractivity contribution in [1.82, 2.24) is 0 Å². The smallest absolute Gasteiger partial charge is 0.0599 e. The molecule has 0 amide bonds. The first-order valence-electron chi connectivity index (χ1n) is 14.0. The van der Waals surface area contributed by atoms with Crippen molar-refractivity contribution in [3.05, 3.63) is 0 Å². The van der Waals surface area contributed by atoms with Crippen LogP contribution < -0.4 is 0 Å². The van der Waals surface area contributed by atoms with Gasteiger partial charge in [-0.2, -0.15) is 0 Å². The number of aliphatic hydroxyl groups excluding tert-OH is 1. The van der Waals surface area contributed by atoms with Gasteiger partial charge in [0, 0.05) is 5.41 Å². The molecule has 0 aromatic carbocycles. The molecule has 5 aliphatic carbocycles. The Labute approximate surface area is 193 Å². The molecule has 178 valence electrons. The summed E-state index contributed by atoms with van der Waals surface area (Å²) in [6.07, 6.45) is 13.5. The topological polar surface area (TPSA) is 20.2 Å². The van der Waals surface area contributed by atoms with Crippen molar-refractivity contribution in [2.75, 3.05) is 0 Å². The minimum absolute atomic E-state index is 0.0981. The maximum absolute atomic E-state index is 11.5. The predicted octanol–water partition coefficient (Wildman–Crippen LogP) is 8.10. The minimum Gasteiger partial charge on any atom is -0.393 e. The van der Waals surface area contributed by atoms with E-state index in [0.29, 0.717) is 33.5 Å². The Kier molecular flexibility index (Phi) is 4.96.